The third kappa shape index (κ3) is 5.82. The zero-order chi connectivity index (χ0) is 26.1. The molecule has 1 aromatic heterocycles. The van der Waals surface area contributed by atoms with Crippen LogP contribution in [0.1, 0.15) is 58.4 Å². The van der Waals surface area contributed by atoms with Gasteiger partial charge in [0.05, 0.1) is 17.3 Å². The molecule has 5 rings (SSSR count). The molecule has 4 aromatic rings. The molecule has 1 aliphatic heterocycles. The van der Waals surface area contributed by atoms with E-state index in [2.05, 4.69) is 0 Å². The number of rotatable bonds is 7. The van der Waals surface area contributed by atoms with Crippen LogP contribution in [0.2, 0.25) is 0 Å². The average Bonchev–Trinajstić information content (AvgIpc) is 3.24. The highest BCUT2D eigenvalue weighted by molar-refractivity contribution is 7.59. The first kappa shape index (κ1) is 30.2. The molecule has 39 heavy (non-hydrogen) atoms. The zero-order valence-corrected chi connectivity index (χ0v) is 24.3. The van der Waals surface area contributed by atoms with Gasteiger partial charge in [0.15, 0.2) is 5.78 Å². The van der Waals surface area contributed by atoms with E-state index >= 15 is 0 Å². The van der Waals surface area contributed by atoms with E-state index in [1.54, 1.807) is 23.1 Å². The van der Waals surface area contributed by atoms with E-state index in [9.17, 15) is 14.0 Å². The molecule has 204 valence electrons. The summed E-state index contributed by atoms with van der Waals surface area (Å²) in [7, 11) is 0. The van der Waals surface area contributed by atoms with Crippen LogP contribution in [0.25, 0.3) is 5.69 Å². The first-order chi connectivity index (χ1) is 17.9. The Kier molecular flexibility index (Phi) is 9.80. The first-order valence-corrected chi connectivity index (χ1v) is 12.7. The molecule has 1 aliphatic rings. The number of nitrogens with zero attached hydrogens (tertiary/aromatic N) is 3. The second-order valence-corrected chi connectivity index (χ2v) is 9.69. The van der Waals surface area contributed by atoms with E-state index in [1.165, 1.54) is 12.1 Å². The van der Waals surface area contributed by atoms with Gasteiger partial charge in [-0.25, -0.2) is 9.07 Å². The fraction of sp³-hybridized carbons (Fsp3) is 0.258. The van der Waals surface area contributed by atoms with Gasteiger partial charge >= 0.3 is 0 Å². The molecule has 0 bridgehead atoms. The zero-order valence-electron chi connectivity index (χ0n) is 22.3. The van der Waals surface area contributed by atoms with Crippen molar-refractivity contribution < 1.29 is 14.0 Å². The Morgan fingerprint density at radius 3 is 2.28 bits per heavy atom. The summed E-state index contributed by atoms with van der Waals surface area (Å²) in [6.45, 7) is 6.42. The molecule has 0 radical (unpaired) electrons. The molecule has 8 heteroatoms. The van der Waals surface area contributed by atoms with Gasteiger partial charge in [-0.3, -0.25) is 14.5 Å². The van der Waals surface area contributed by atoms with Crippen molar-refractivity contribution in [3.8, 4) is 5.69 Å². The summed E-state index contributed by atoms with van der Waals surface area (Å²) in [5.41, 5.74) is 4.93. The van der Waals surface area contributed by atoms with Gasteiger partial charge in [-0.2, -0.15) is 32.1 Å². The van der Waals surface area contributed by atoms with Gasteiger partial charge in [-0.15, -0.1) is 0 Å². The van der Waals surface area contributed by atoms with Crippen LogP contribution in [0, 0.1) is 25.6 Å². The van der Waals surface area contributed by atoms with Gasteiger partial charge in [0.2, 0.25) is 5.91 Å². The van der Waals surface area contributed by atoms with E-state index in [-0.39, 0.29) is 50.9 Å². The molecule has 0 spiro atoms. The van der Waals surface area contributed by atoms with Crippen molar-refractivity contribution in [3.05, 3.63) is 113 Å². The van der Waals surface area contributed by atoms with Crippen molar-refractivity contribution in [3.63, 3.8) is 0 Å². The minimum Gasteiger partial charge on any atom is -0.296 e. The van der Waals surface area contributed by atoms with Crippen LogP contribution in [0.4, 0.5) is 10.2 Å². The molecule has 0 aliphatic carbocycles. The number of benzene rings is 3. The Bertz CT molecular complexity index is 1450. The average molecular weight is 564 g/mol. The summed E-state index contributed by atoms with van der Waals surface area (Å²) in [6.07, 6.45) is 0.809. The van der Waals surface area contributed by atoms with Crippen molar-refractivity contribution in [2.75, 3.05) is 11.4 Å². The van der Waals surface area contributed by atoms with Gasteiger partial charge in [0.25, 0.3) is 0 Å². The third-order valence-corrected chi connectivity index (χ3v) is 7.06. The van der Waals surface area contributed by atoms with Crippen molar-refractivity contribution in [2.45, 2.75) is 39.5 Å². The number of anilines is 1. The minimum atomic E-state index is -0.635. The normalized spacial score (nSPS) is 16.2. The molecule has 2 heterocycles. The standard InChI is InChI=1S/C31H30FN3O2.2H2S/c1-4-17-34-30-28(21(3)33-35(30)25-11-6-5-7-12-25)29(22-13-15-24(32)16-14-22)26(31(34)37)19-27(36)23-10-8-9-20(2)18-23;;/h5-16,18,26,29H,4,17,19H2,1-3H3;2*1H2/t26-,29+;;/m0../s1. The number of para-hydroxylation sites is 1. The number of fused-ring (bicyclic) bond motifs is 1. The number of carbonyl (C=O) groups is 2. The van der Waals surface area contributed by atoms with Crippen LogP contribution in [0.15, 0.2) is 78.9 Å². The maximum atomic E-state index is 14.2. The molecule has 5 nitrogen and oxygen atoms in total. The van der Waals surface area contributed by atoms with Crippen LogP contribution >= 0.6 is 27.0 Å². The summed E-state index contributed by atoms with van der Waals surface area (Å²) in [6, 6.07) is 23.5. The number of hydrogen-bond donors (Lipinski definition) is 0. The third-order valence-electron chi connectivity index (χ3n) is 7.06. The molecular formula is C31H34FN3O2S2. The Balaban J connectivity index is 0.00000210. The van der Waals surface area contributed by atoms with Crippen molar-refractivity contribution >= 4 is 44.5 Å². The van der Waals surface area contributed by atoms with Gasteiger partial charge in [0.1, 0.15) is 11.6 Å². The molecule has 0 saturated heterocycles. The topological polar surface area (TPSA) is 55.2 Å². The summed E-state index contributed by atoms with van der Waals surface area (Å²) >= 11 is 0. The Labute approximate surface area is 242 Å². The lowest BCUT2D eigenvalue weighted by atomic mass is 9.74. The first-order valence-electron chi connectivity index (χ1n) is 12.7. The van der Waals surface area contributed by atoms with E-state index in [1.807, 2.05) is 74.0 Å². The molecule has 3 aromatic carbocycles. The number of halogens is 1. The number of Topliss-reactive ketones (excluding diaryl/α,β-unsaturated/α-hetero) is 1. The molecule has 0 N–H and O–H groups in total. The fourth-order valence-corrected chi connectivity index (χ4v) is 5.40. The minimum absolute atomic E-state index is 0. The van der Waals surface area contributed by atoms with Gasteiger partial charge in [-0.05, 0) is 56.2 Å². The van der Waals surface area contributed by atoms with E-state index in [0.717, 1.165) is 40.3 Å². The number of amides is 1. The smallest absolute Gasteiger partial charge is 0.232 e. The highest BCUT2D eigenvalue weighted by Gasteiger charge is 2.45. The van der Waals surface area contributed by atoms with Crippen LogP contribution in [0.5, 0.6) is 0 Å². The quantitative estimate of drug-likeness (QED) is 0.237. The van der Waals surface area contributed by atoms with Gasteiger partial charge in [-0.1, -0.05) is 61.0 Å². The number of carbonyl (C=O) groups excluding carboxylic acids is 2. The van der Waals surface area contributed by atoms with Crippen LogP contribution in [-0.2, 0) is 4.79 Å². The lowest BCUT2D eigenvalue weighted by Crippen LogP contribution is -2.45. The number of aryl methyl sites for hydroxylation is 2. The Hall–Kier alpha value is -3.36. The molecule has 0 fully saturated rings. The van der Waals surface area contributed by atoms with Crippen LogP contribution < -0.4 is 4.90 Å². The summed E-state index contributed by atoms with van der Waals surface area (Å²) in [5.74, 6) is -0.872. The number of aromatic nitrogens is 2. The highest BCUT2D eigenvalue weighted by Crippen LogP contribution is 2.47. The number of hydrogen-bond acceptors (Lipinski definition) is 3. The molecule has 0 unspecified atom stereocenters. The number of ketones is 1. The molecule has 0 saturated carbocycles. The monoisotopic (exact) mass is 563 g/mol. The summed E-state index contributed by atoms with van der Waals surface area (Å²) in [5, 5.41) is 4.87. The van der Waals surface area contributed by atoms with E-state index in [4.69, 9.17) is 5.10 Å². The summed E-state index contributed by atoms with van der Waals surface area (Å²) in [4.78, 5) is 29.5. The largest absolute Gasteiger partial charge is 0.296 e. The van der Waals surface area contributed by atoms with Crippen molar-refractivity contribution in [2.24, 2.45) is 5.92 Å². The van der Waals surface area contributed by atoms with Gasteiger partial charge in [0, 0.05) is 30.0 Å². The van der Waals surface area contributed by atoms with E-state index < -0.39 is 11.8 Å². The van der Waals surface area contributed by atoms with Crippen molar-refractivity contribution in [1.82, 2.24) is 9.78 Å². The second-order valence-electron chi connectivity index (χ2n) is 9.69. The molecule has 2 atom stereocenters. The molecular weight excluding hydrogens is 529 g/mol. The van der Waals surface area contributed by atoms with Crippen molar-refractivity contribution in [1.29, 1.82) is 0 Å². The fourth-order valence-electron chi connectivity index (χ4n) is 5.40. The highest BCUT2D eigenvalue weighted by atomic mass is 32.1. The molecule has 1 amide bonds. The summed E-state index contributed by atoms with van der Waals surface area (Å²) < 4.78 is 15.7. The van der Waals surface area contributed by atoms with Crippen LogP contribution in [0.3, 0.4) is 0 Å². The maximum Gasteiger partial charge on any atom is 0.232 e. The predicted molar refractivity (Wildman–Crippen MR) is 164 cm³/mol. The maximum absolute atomic E-state index is 14.2. The predicted octanol–water partition coefficient (Wildman–Crippen LogP) is 6.63. The van der Waals surface area contributed by atoms with E-state index in [0.29, 0.717) is 12.1 Å². The Morgan fingerprint density at radius 2 is 1.64 bits per heavy atom. The second kappa shape index (κ2) is 12.7. The SMILES string of the molecule is CCCN1C(=O)[C@@H](CC(=O)c2cccc(C)c2)[C@@H](c2ccc(F)cc2)c2c(C)nn(-c3ccccc3)c21.S.S. The van der Waals surface area contributed by atoms with Crippen LogP contribution in [-0.4, -0.2) is 28.0 Å². The Morgan fingerprint density at radius 1 is 0.949 bits per heavy atom. The van der Waals surface area contributed by atoms with Gasteiger partial charge < -0.3 is 0 Å². The lowest BCUT2D eigenvalue weighted by Gasteiger charge is -2.38. The lowest BCUT2D eigenvalue weighted by molar-refractivity contribution is -0.123.